The van der Waals surface area contributed by atoms with Crippen LogP contribution in [0.15, 0.2) is 24.3 Å². The van der Waals surface area contributed by atoms with E-state index < -0.39 is 45.0 Å². The fourth-order valence-electron chi connectivity index (χ4n) is 6.45. The third-order valence-electron chi connectivity index (χ3n) is 8.11. The van der Waals surface area contributed by atoms with Gasteiger partial charge < -0.3 is 5.73 Å². The molecule has 1 heterocycles. The lowest BCUT2D eigenvalue weighted by molar-refractivity contribution is -0.137. The highest BCUT2D eigenvalue weighted by atomic mass is 32.2. The molecular formula is C26H38F3N3O3S. The summed E-state index contributed by atoms with van der Waals surface area (Å²) in [6, 6.07) is 4.03. The number of fused-ring (bicyclic) bond motifs is 1. The molecule has 0 radical (unpaired) electrons. The Kier molecular flexibility index (Phi) is 8.07. The van der Waals surface area contributed by atoms with Gasteiger partial charge in [0.2, 0.25) is 10.0 Å². The minimum absolute atomic E-state index is 0.0397. The molecular weight excluding hydrogens is 491 g/mol. The molecule has 6 nitrogen and oxygen atoms in total. The number of hydrogen-bond donors (Lipinski definition) is 1. The Morgan fingerprint density at radius 1 is 1.14 bits per heavy atom. The number of likely N-dealkylation sites (tertiary alicyclic amines) is 1. The predicted octanol–water partition coefficient (Wildman–Crippen LogP) is 4.39. The van der Waals surface area contributed by atoms with Crippen LogP contribution in [0.2, 0.25) is 0 Å². The molecule has 1 aliphatic heterocycles. The molecule has 3 aliphatic rings. The van der Waals surface area contributed by atoms with Crippen LogP contribution in [-0.2, 0) is 27.5 Å². The first-order valence-electron chi connectivity index (χ1n) is 13.1. The van der Waals surface area contributed by atoms with Gasteiger partial charge in [-0.15, -0.1) is 0 Å². The Morgan fingerprint density at radius 2 is 1.83 bits per heavy atom. The molecule has 1 amide bonds. The number of rotatable bonds is 8. The van der Waals surface area contributed by atoms with E-state index >= 15 is 0 Å². The summed E-state index contributed by atoms with van der Waals surface area (Å²) < 4.78 is 68.2. The molecule has 2 N–H and O–H groups in total. The molecule has 1 aromatic carbocycles. The minimum Gasteiger partial charge on any atom is -0.320 e. The Balaban J connectivity index is 1.54. The SMILES string of the molecule is CC(C)C[C@H](N)C(=O)N(C1CC[C@H]2CN(Cc3cccc(C(F)(F)F)c3)CC12)S(=O)(=O)C1CCCC1. The molecule has 1 aromatic rings. The number of carbonyl (C=O) groups is 1. The van der Waals surface area contributed by atoms with Gasteiger partial charge in [-0.2, -0.15) is 13.2 Å². The lowest BCUT2D eigenvalue weighted by Crippen LogP contribution is -2.55. The number of sulfonamides is 1. The molecule has 0 bridgehead atoms. The molecule has 10 heteroatoms. The summed E-state index contributed by atoms with van der Waals surface area (Å²) in [4.78, 5) is 15.7. The molecule has 4 rings (SSSR count). The van der Waals surface area contributed by atoms with Crippen LogP contribution in [-0.4, -0.2) is 54.0 Å². The van der Waals surface area contributed by atoms with Crippen molar-refractivity contribution in [2.75, 3.05) is 13.1 Å². The van der Waals surface area contributed by atoms with Crippen LogP contribution in [0.3, 0.4) is 0 Å². The van der Waals surface area contributed by atoms with Crippen molar-refractivity contribution in [2.24, 2.45) is 23.5 Å². The zero-order chi connectivity index (χ0) is 26.3. The highest BCUT2D eigenvalue weighted by molar-refractivity contribution is 7.90. The average Bonchev–Trinajstić information content (AvgIpc) is 3.52. The normalized spacial score (nSPS) is 26.5. The smallest absolute Gasteiger partial charge is 0.320 e. The maximum Gasteiger partial charge on any atom is 0.416 e. The van der Waals surface area contributed by atoms with Crippen molar-refractivity contribution in [1.29, 1.82) is 0 Å². The van der Waals surface area contributed by atoms with Crippen LogP contribution >= 0.6 is 0 Å². The Hall–Kier alpha value is -1.65. The second-order valence-corrected chi connectivity index (χ2v) is 13.4. The number of amides is 1. The Labute approximate surface area is 212 Å². The lowest BCUT2D eigenvalue weighted by atomic mass is 9.97. The first-order chi connectivity index (χ1) is 16.9. The standard InChI is InChI=1S/C26H38F3N3O3S/c1-17(2)12-23(30)25(33)32(36(34,35)21-8-3-4-9-21)24-11-10-19-15-31(16-22(19)24)14-18-6-5-7-20(13-18)26(27,28)29/h5-7,13,17,19,21-24H,3-4,8-12,14-16,30H2,1-2H3/t19-,22?,23-,24?/m0/s1. The van der Waals surface area contributed by atoms with Gasteiger partial charge >= 0.3 is 6.18 Å². The fraction of sp³-hybridized carbons (Fsp3) is 0.731. The van der Waals surface area contributed by atoms with E-state index in [1.54, 1.807) is 6.07 Å². The molecule has 2 aliphatic carbocycles. The van der Waals surface area contributed by atoms with Crippen molar-refractivity contribution in [1.82, 2.24) is 9.21 Å². The third-order valence-corrected chi connectivity index (χ3v) is 10.4. The van der Waals surface area contributed by atoms with E-state index in [-0.39, 0.29) is 17.8 Å². The summed E-state index contributed by atoms with van der Waals surface area (Å²) in [7, 11) is -3.84. The van der Waals surface area contributed by atoms with E-state index in [4.69, 9.17) is 5.73 Å². The summed E-state index contributed by atoms with van der Waals surface area (Å²) in [5.74, 6) is -0.179. The predicted molar refractivity (Wildman–Crippen MR) is 132 cm³/mol. The van der Waals surface area contributed by atoms with Crippen molar-refractivity contribution < 1.29 is 26.4 Å². The van der Waals surface area contributed by atoms with Crippen molar-refractivity contribution in [3.05, 3.63) is 35.4 Å². The molecule has 0 aromatic heterocycles. The Morgan fingerprint density at radius 3 is 2.47 bits per heavy atom. The van der Waals surface area contributed by atoms with Gasteiger partial charge in [0.15, 0.2) is 0 Å². The summed E-state index contributed by atoms with van der Waals surface area (Å²) in [5, 5.41) is -0.547. The topological polar surface area (TPSA) is 83.7 Å². The maximum atomic E-state index is 13.8. The molecule has 4 atom stereocenters. The summed E-state index contributed by atoms with van der Waals surface area (Å²) in [5.41, 5.74) is 6.15. The van der Waals surface area contributed by atoms with Gasteiger partial charge in [-0.05, 0) is 61.5 Å². The van der Waals surface area contributed by atoms with Crippen LogP contribution in [0.4, 0.5) is 13.2 Å². The zero-order valence-corrected chi connectivity index (χ0v) is 21.9. The second-order valence-electron chi connectivity index (χ2n) is 11.3. The van der Waals surface area contributed by atoms with Gasteiger partial charge in [-0.3, -0.25) is 9.69 Å². The van der Waals surface area contributed by atoms with Gasteiger partial charge in [0.1, 0.15) is 0 Å². The van der Waals surface area contributed by atoms with Crippen LogP contribution in [0.25, 0.3) is 0 Å². The van der Waals surface area contributed by atoms with Crippen LogP contribution in [0.5, 0.6) is 0 Å². The second kappa shape index (κ2) is 10.6. The van der Waals surface area contributed by atoms with E-state index in [1.165, 1.54) is 16.4 Å². The minimum atomic E-state index is -4.40. The van der Waals surface area contributed by atoms with E-state index in [9.17, 15) is 26.4 Å². The quantitative estimate of drug-likeness (QED) is 0.540. The molecule has 0 spiro atoms. The van der Waals surface area contributed by atoms with Crippen molar-refractivity contribution >= 4 is 15.9 Å². The van der Waals surface area contributed by atoms with Gasteiger partial charge in [0.25, 0.3) is 5.91 Å². The van der Waals surface area contributed by atoms with Gasteiger partial charge in [-0.25, -0.2) is 12.7 Å². The third kappa shape index (κ3) is 5.75. The van der Waals surface area contributed by atoms with Crippen molar-refractivity contribution in [2.45, 2.75) is 88.8 Å². The number of alkyl halides is 3. The molecule has 3 fully saturated rings. The molecule has 36 heavy (non-hydrogen) atoms. The fourth-order valence-corrected chi connectivity index (χ4v) is 8.73. The number of hydrogen-bond acceptors (Lipinski definition) is 5. The molecule has 1 saturated heterocycles. The van der Waals surface area contributed by atoms with Crippen LogP contribution in [0, 0.1) is 17.8 Å². The zero-order valence-electron chi connectivity index (χ0n) is 21.1. The summed E-state index contributed by atoms with van der Waals surface area (Å²) >= 11 is 0. The summed E-state index contributed by atoms with van der Waals surface area (Å²) in [6.07, 6.45) is 0.223. The monoisotopic (exact) mass is 529 g/mol. The van der Waals surface area contributed by atoms with Gasteiger partial charge in [-0.1, -0.05) is 44.9 Å². The van der Waals surface area contributed by atoms with Crippen LogP contribution in [0.1, 0.15) is 69.9 Å². The van der Waals surface area contributed by atoms with Crippen molar-refractivity contribution in [3.63, 3.8) is 0 Å². The van der Waals surface area contributed by atoms with E-state index in [1.807, 2.05) is 13.8 Å². The van der Waals surface area contributed by atoms with Gasteiger partial charge in [0.05, 0.1) is 22.9 Å². The number of nitrogens with zero attached hydrogens (tertiary/aromatic N) is 2. The average molecular weight is 530 g/mol. The number of nitrogens with two attached hydrogens (primary N) is 1. The maximum absolute atomic E-state index is 13.8. The molecule has 2 unspecified atom stereocenters. The Bertz CT molecular complexity index is 1040. The van der Waals surface area contributed by atoms with Gasteiger partial charge in [0, 0.05) is 19.6 Å². The van der Waals surface area contributed by atoms with Crippen LogP contribution < -0.4 is 5.73 Å². The highest BCUT2D eigenvalue weighted by Crippen LogP contribution is 2.44. The molecule has 2 saturated carbocycles. The largest absolute Gasteiger partial charge is 0.416 e. The first-order valence-corrected chi connectivity index (χ1v) is 14.6. The van der Waals surface area contributed by atoms with Crippen molar-refractivity contribution in [3.8, 4) is 0 Å². The number of benzene rings is 1. The van der Waals surface area contributed by atoms with E-state index in [2.05, 4.69) is 4.90 Å². The lowest BCUT2D eigenvalue weighted by Gasteiger charge is -2.36. The number of carbonyl (C=O) groups excluding carboxylic acids is 1. The molecule has 202 valence electrons. The first kappa shape index (κ1) is 27.4. The number of halogens is 3. The summed E-state index contributed by atoms with van der Waals surface area (Å²) in [6.45, 7) is 5.50. The highest BCUT2D eigenvalue weighted by Gasteiger charge is 2.51. The van der Waals surface area contributed by atoms with E-state index in [0.29, 0.717) is 50.9 Å². The van der Waals surface area contributed by atoms with E-state index in [0.717, 1.165) is 25.3 Å².